The van der Waals surface area contributed by atoms with Gasteiger partial charge in [-0.15, -0.1) is 23.1 Å². The highest BCUT2D eigenvalue weighted by Crippen LogP contribution is 2.24. The highest BCUT2D eigenvalue weighted by Gasteiger charge is 2.15. The molecule has 0 fully saturated rings. The molecule has 1 amide bonds. The van der Waals surface area contributed by atoms with E-state index in [0.29, 0.717) is 16.7 Å². The molecule has 8 heteroatoms. The SMILES string of the molecule is CSc1ccccc1NC(=O)COC(=O)c1csc(NCCC(C)C)n1. The summed E-state index contributed by atoms with van der Waals surface area (Å²) < 4.78 is 5.05. The van der Waals surface area contributed by atoms with E-state index in [2.05, 4.69) is 29.5 Å². The number of anilines is 2. The van der Waals surface area contributed by atoms with Gasteiger partial charge in [-0.3, -0.25) is 4.79 Å². The summed E-state index contributed by atoms with van der Waals surface area (Å²) in [7, 11) is 0. The van der Waals surface area contributed by atoms with Gasteiger partial charge in [-0.05, 0) is 30.7 Å². The van der Waals surface area contributed by atoms with Gasteiger partial charge in [-0.25, -0.2) is 9.78 Å². The first-order chi connectivity index (χ1) is 12.5. The smallest absolute Gasteiger partial charge is 0.358 e. The van der Waals surface area contributed by atoms with Crippen LogP contribution in [0.15, 0.2) is 34.5 Å². The van der Waals surface area contributed by atoms with Crippen molar-refractivity contribution in [2.75, 3.05) is 30.0 Å². The van der Waals surface area contributed by atoms with Crippen molar-refractivity contribution in [1.82, 2.24) is 4.98 Å². The first kappa shape index (κ1) is 20.3. The number of nitrogens with one attached hydrogen (secondary N) is 2. The highest BCUT2D eigenvalue weighted by molar-refractivity contribution is 7.98. The highest BCUT2D eigenvalue weighted by atomic mass is 32.2. The molecule has 0 aliphatic rings. The third-order valence-corrected chi connectivity index (χ3v) is 5.02. The van der Waals surface area contributed by atoms with Crippen molar-refractivity contribution in [3.63, 3.8) is 0 Å². The molecule has 0 spiro atoms. The third kappa shape index (κ3) is 6.34. The summed E-state index contributed by atoms with van der Waals surface area (Å²) in [6.07, 6.45) is 2.96. The van der Waals surface area contributed by atoms with Gasteiger partial charge in [0, 0.05) is 16.8 Å². The zero-order valence-electron chi connectivity index (χ0n) is 15.1. The van der Waals surface area contributed by atoms with Crippen LogP contribution in [0.25, 0.3) is 0 Å². The number of hydrogen-bond acceptors (Lipinski definition) is 7. The lowest BCUT2D eigenvalue weighted by Crippen LogP contribution is -2.21. The van der Waals surface area contributed by atoms with Gasteiger partial charge in [0.25, 0.3) is 5.91 Å². The van der Waals surface area contributed by atoms with Crippen molar-refractivity contribution in [3.05, 3.63) is 35.3 Å². The van der Waals surface area contributed by atoms with E-state index in [0.717, 1.165) is 17.9 Å². The summed E-state index contributed by atoms with van der Waals surface area (Å²) in [5.41, 5.74) is 0.908. The number of esters is 1. The van der Waals surface area contributed by atoms with E-state index in [1.807, 2.05) is 24.5 Å². The predicted molar refractivity (Wildman–Crippen MR) is 107 cm³/mol. The van der Waals surface area contributed by atoms with E-state index in [4.69, 9.17) is 4.74 Å². The van der Waals surface area contributed by atoms with Crippen LogP contribution >= 0.6 is 23.1 Å². The van der Waals surface area contributed by atoms with Crippen LogP contribution in [0, 0.1) is 5.92 Å². The lowest BCUT2D eigenvalue weighted by atomic mass is 10.1. The average Bonchev–Trinajstić information content (AvgIpc) is 3.09. The molecule has 1 aromatic carbocycles. The molecule has 0 aliphatic heterocycles. The summed E-state index contributed by atoms with van der Waals surface area (Å²) >= 11 is 2.88. The van der Waals surface area contributed by atoms with E-state index in [1.54, 1.807) is 11.4 Å². The van der Waals surface area contributed by atoms with Crippen LogP contribution in [0.2, 0.25) is 0 Å². The second-order valence-electron chi connectivity index (χ2n) is 5.97. The normalized spacial score (nSPS) is 10.6. The van der Waals surface area contributed by atoms with Crippen molar-refractivity contribution in [1.29, 1.82) is 0 Å². The molecule has 2 aromatic rings. The van der Waals surface area contributed by atoms with Crippen molar-refractivity contribution in [3.8, 4) is 0 Å². The monoisotopic (exact) mass is 393 g/mol. The Morgan fingerprint density at radius 1 is 1.31 bits per heavy atom. The summed E-state index contributed by atoms with van der Waals surface area (Å²) in [5, 5.41) is 8.23. The second kappa shape index (κ2) is 10.2. The van der Waals surface area contributed by atoms with Gasteiger partial charge in [0.2, 0.25) is 0 Å². The fraction of sp³-hybridized carbons (Fsp3) is 0.389. The van der Waals surface area contributed by atoms with Gasteiger partial charge in [0.05, 0.1) is 5.69 Å². The molecule has 1 heterocycles. The Morgan fingerprint density at radius 3 is 2.81 bits per heavy atom. The quantitative estimate of drug-likeness (QED) is 0.493. The Balaban J connectivity index is 1.81. The Kier molecular flexibility index (Phi) is 7.93. The van der Waals surface area contributed by atoms with Crippen LogP contribution in [0.3, 0.4) is 0 Å². The maximum absolute atomic E-state index is 12.0. The number of thiazole rings is 1. The van der Waals surface area contributed by atoms with Crippen LogP contribution < -0.4 is 10.6 Å². The molecular weight excluding hydrogens is 370 g/mol. The molecular formula is C18H23N3O3S2. The molecule has 6 nitrogen and oxygen atoms in total. The molecule has 1 aromatic heterocycles. The number of hydrogen-bond donors (Lipinski definition) is 2. The molecule has 0 saturated heterocycles. The van der Waals surface area contributed by atoms with Crippen molar-refractivity contribution >= 4 is 45.8 Å². The topological polar surface area (TPSA) is 80.3 Å². The van der Waals surface area contributed by atoms with Gasteiger partial charge >= 0.3 is 5.97 Å². The van der Waals surface area contributed by atoms with Crippen LogP contribution in [-0.4, -0.2) is 36.3 Å². The van der Waals surface area contributed by atoms with Gasteiger partial charge in [0.1, 0.15) is 0 Å². The number of rotatable bonds is 9. The Morgan fingerprint density at radius 2 is 2.08 bits per heavy atom. The number of thioether (sulfide) groups is 1. The van der Waals surface area contributed by atoms with Crippen LogP contribution in [-0.2, 0) is 9.53 Å². The molecule has 0 aliphatic carbocycles. The fourth-order valence-corrected chi connectivity index (χ4v) is 3.32. The summed E-state index contributed by atoms with van der Waals surface area (Å²) in [4.78, 5) is 29.2. The number of aromatic nitrogens is 1. The first-order valence-corrected chi connectivity index (χ1v) is 10.4. The molecule has 0 atom stereocenters. The lowest BCUT2D eigenvalue weighted by Gasteiger charge is -2.09. The molecule has 0 radical (unpaired) electrons. The number of ether oxygens (including phenoxy) is 1. The molecule has 140 valence electrons. The number of nitrogens with zero attached hydrogens (tertiary/aromatic N) is 1. The lowest BCUT2D eigenvalue weighted by molar-refractivity contribution is -0.119. The molecule has 2 rings (SSSR count). The standard InChI is InChI=1S/C18H23N3O3S2/c1-12(2)8-9-19-18-21-14(11-26-18)17(23)24-10-16(22)20-13-6-4-5-7-15(13)25-3/h4-7,11-12H,8-10H2,1-3H3,(H,19,21)(H,20,22). The number of amides is 1. The predicted octanol–water partition coefficient (Wildman–Crippen LogP) is 4.12. The van der Waals surface area contributed by atoms with Crippen LogP contribution in [0.1, 0.15) is 30.8 Å². The molecule has 2 N–H and O–H groups in total. The van der Waals surface area contributed by atoms with E-state index in [-0.39, 0.29) is 18.2 Å². The summed E-state index contributed by atoms with van der Waals surface area (Å²) in [6, 6.07) is 7.46. The fourth-order valence-electron chi connectivity index (χ4n) is 2.06. The largest absolute Gasteiger partial charge is 0.451 e. The van der Waals surface area contributed by atoms with Crippen molar-refractivity contribution in [2.45, 2.75) is 25.2 Å². The van der Waals surface area contributed by atoms with Crippen molar-refractivity contribution < 1.29 is 14.3 Å². The van der Waals surface area contributed by atoms with E-state index in [1.165, 1.54) is 23.1 Å². The van der Waals surface area contributed by atoms with Crippen molar-refractivity contribution in [2.24, 2.45) is 5.92 Å². The second-order valence-corrected chi connectivity index (χ2v) is 7.68. The van der Waals surface area contributed by atoms with E-state index in [9.17, 15) is 9.59 Å². The van der Waals surface area contributed by atoms with Gasteiger partial charge in [-0.2, -0.15) is 0 Å². The summed E-state index contributed by atoms with van der Waals surface area (Å²) in [5.74, 6) is -0.390. The maximum atomic E-state index is 12.0. The van der Waals surface area contributed by atoms with Crippen LogP contribution in [0.5, 0.6) is 0 Å². The Labute approximate surface area is 161 Å². The number of carbonyl (C=O) groups excluding carboxylic acids is 2. The third-order valence-electron chi connectivity index (χ3n) is 3.43. The summed E-state index contributed by atoms with van der Waals surface area (Å²) in [6.45, 7) is 4.75. The first-order valence-electron chi connectivity index (χ1n) is 8.29. The van der Waals surface area contributed by atoms with Gasteiger partial charge in [0.15, 0.2) is 17.4 Å². The average molecular weight is 394 g/mol. The number of para-hydroxylation sites is 1. The maximum Gasteiger partial charge on any atom is 0.358 e. The van der Waals surface area contributed by atoms with Gasteiger partial charge in [-0.1, -0.05) is 26.0 Å². The minimum absolute atomic E-state index is 0.208. The van der Waals surface area contributed by atoms with E-state index < -0.39 is 5.97 Å². The minimum Gasteiger partial charge on any atom is -0.451 e. The molecule has 0 unspecified atom stereocenters. The number of benzene rings is 1. The molecule has 0 bridgehead atoms. The van der Waals surface area contributed by atoms with E-state index >= 15 is 0 Å². The Bertz CT molecular complexity index is 747. The van der Waals surface area contributed by atoms with Gasteiger partial charge < -0.3 is 15.4 Å². The van der Waals surface area contributed by atoms with Crippen LogP contribution in [0.4, 0.5) is 10.8 Å². The number of carbonyl (C=O) groups is 2. The molecule has 26 heavy (non-hydrogen) atoms. The zero-order valence-corrected chi connectivity index (χ0v) is 16.7. The zero-order chi connectivity index (χ0) is 18.9. The molecule has 0 saturated carbocycles. The minimum atomic E-state index is -0.605. The Hall–Kier alpha value is -2.06.